The third-order valence-electron chi connectivity index (χ3n) is 4.26. The molecule has 0 saturated carbocycles. The molecule has 0 unspecified atom stereocenters. The average Bonchev–Trinajstić information content (AvgIpc) is 2.48. The molecule has 2 heterocycles. The van der Waals surface area contributed by atoms with E-state index in [1.54, 1.807) is 0 Å². The molecule has 2 aromatic rings. The maximum Gasteiger partial charge on any atom is 0.0939 e. The lowest BCUT2D eigenvalue weighted by molar-refractivity contribution is 0.579. The van der Waals surface area contributed by atoms with Crippen molar-refractivity contribution in [3.05, 3.63) is 35.5 Å². The summed E-state index contributed by atoms with van der Waals surface area (Å²) in [6.45, 7) is 4.47. The SMILES string of the molecule is CCCc1ccc2ccc3c(c2n1)N[C@H](CCC)CC3. The molecule has 0 aliphatic carbocycles. The van der Waals surface area contributed by atoms with Gasteiger partial charge in [-0.05, 0) is 37.3 Å². The first-order chi connectivity index (χ1) is 9.81. The Morgan fingerprint density at radius 2 is 2.00 bits per heavy atom. The van der Waals surface area contributed by atoms with Crippen molar-refractivity contribution in [3.8, 4) is 0 Å². The summed E-state index contributed by atoms with van der Waals surface area (Å²) in [5.41, 5.74) is 5.12. The first kappa shape index (κ1) is 13.4. The van der Waals surface area contributed by atoms with Gasteiger partial charge in [0.15, 0.2) is 0 Å². The van der Waals surface area contributed by atoms with Crippen molar-refractivity contribution < 1.29 is 0 Å². The predicted octanol–water partition coefficient (Wildman–Crippen LogP) is 4.71. The van der Waals surface area contributed by atoms with Gasteiger partial charge >= 0.3 is 0 Å². The Labute approximate surface area is 121 Å². The summed E-state index contributed by atoms with van der Waals surface area (Å²) in [7, 11) is 0. The van der Waals surface area contributed by atoms with Crippen molar-refractivity contribution in [2.75, 3.05) is 5.32 Å². The van der Waals surface area contributed by atoms with Crippen LogP contribution in [0.1, 0.15) is 50.8 Å². The van der Waals surface area contributed by atoms with E-state index in [1.165, 1.54) is 53.5 Å². The number of fused-ring (bicyclic) bond motifs is 3. The monoisotopic (exact) mass is 268 g/mol. The van der Waals surface area contributed by atoms with Crippen molar-refractivity contribution in [2.24, 2.45) is 0 Å². The zero-order valence-electron chi connectivity index (χ0n) is 12.6. The number of rotatable bonds is 4. The van der Waals surface area contributed by atoms with Crippen LogP contribution >= 0.6 is 0 Å². The highest BCUT2D eigenvalue weighted by Crippen LogP contribution is 2.32. The van der Waals surface area contributed by atoms with Gasteiger partial charge in [0.2, 0.25) is 0 Å². The molecule has 1 aromatic carbocycles. The Morgan fingerprint density at radius 1 is 1.15 bits per heavy atom. The van der Waals surface area contributed by atoms with Gasteiger partial charge in [-0.25, -0.2) is 0 Å². The summed E-state index contributed by atoms with van der Waals surface area (Å²) >= 11 is 0. The van der Waals surface area contributed by atoms with Crippen LogP contribution in [0.25, 0.3) is 10.9 Å². The lowest BCUT2D eigenvalue weighted by Gasteiger charge is -2.27. The molecule has 0 amide bonds. The quantitative estimate of drug-likeness (QED) is 0.868. The van der Waals surface area contributed by atoms with Crippen molar-refractivity contribution in [1.82, 2.24) is 4.98 Å². The maximum atomic E-state index is 4.91. The van der Waals surface area contributed by atoms with E-state index < -0.39 is 0 Å². The minimum atomic E-state index is 0.620. The third-order valence-corrected chi connectivity index (χ3v) is 4.26. The number of nitrogens with one attached hydrogen (secondary N) is 1. The highest BCUT2D eigenvalue weighted by Gasteiger charge is 2.19. The van der Waals surface area contributed by atoms with Crippen LogP contribution in [-0.2, 0) is 12.8 Å². The molecular formula is C18H24N2. The molecule has 3 rings (SSSR count). The van der Waals surface area contributed by atoms with E-state index in [4.69, 9.17) is 4.98 Å². The van der Waals surface area contributed by atoms with Gasteiger partial charge in [0.1, 0.15) is 0 Å². The molecule has 0 spiro atoms. The second kappa shape index (κ2) is 5.82. The van der Waals surface area contributed by atoms with Gasteiger partial charge < -0.3 is 5.32 Å². The second-order valence-electron chi connectivity index (χ2n) is 5.89. The zero-order valence-corrected chi connectivity index (χ0v) is 12.6. The van der Waals surface area contributed by atoms with Crippen LogP contribution in [0, 0.1) is 0 Å². The molecular weight excluding hydrogens is 244 g/mol. The normalized spacial score (nSPS) is 17.8. The average molecular weight is 268 g/mol. The first-order valence-corrected chi connectivity index (χ1v) is 8.00. The molecule has 2 nitrogen and oxygen atoms in total. The molecule has 1 aromatic heterocycles. The van der Waals surface area contributed by atoms with Crippen LogP contribution in [0.2, 0.25) is 0 Å². The standard InChI is InChI=1S/C18H24N2/c1-3-5-15-11-9-13-7-8-14-10-12-16(6-4-2)20-18(14)17(13)19-15/h7-9,11,16,20H,3-6,10,12H2,1-2H3/t16-/m1/s1. The highest BCUT2D eigenvalue weighted by molar-refractivity contribution is 5.92. The minimum absolute atomic E-state index is 0.620. The van der Waals surface area contributed by atoms with Gasteiger partial charge in [-0.15, -0.1) is 0 Å². The lowest BCUT2D eigenvalue weighted by atomic mass is 9.94. The lowest BCUT2D eigenvalue weighted by Crippen LogP contribution is -2.25. The summed E-state index contributed by atoms with van der Waals surface area (Å²) in [5.74, 6) is 0. The van der Waals surface area contributed by atoms with Crippen LogP contribution in [0.5, 0.6) is 0 Å². The topological polar surface area (TPSA) is 24.9 Å². The Morgan fingerprint density at radius 3 is 2.80 bits per heavy atom. The number of anilines is 1. The molecule has 0 radical (unpaired) electrons. The van der Waals surface area contributed by atoms with Crippen LogP contribution < -0.4 is 5.32 Å². The van der Waals surface area contributed by atoms with Crippen LogP contribution in [0.3, 0.4) is 0 Å². The van der Waals surface area contributed by atoms with Crippen molar-refractivity contribution >= 4 is 16.6 Å². The van der Waals surface area contributed by atoms with Crippen LogP contribution in [0.15, 0.2) is 24.3 Å². The van der Waals surface area contributed by atoms with Crippen molar-refractivity contribution in [2.45, 2.75) is 58.4 Å². The number of benzene rings is 1. The van der Waals surface area contributed by atoms with Crippen molar-refractivity contribution in [1.29, 1.82) is 0 Å². The van der Waals surface area contributed by atoms with Gasteiger partial charge in [0, 0.05) is 17.1 Å². The molecule has 0 bridgehead atoms. The molecule has 1 aliphatic rings. The van der Waals surface area contributed by atoms with E-state index in [2.05, 4.69) is 43.4 Å². The van der Waals surface area contributed by atoms with Crippen LogP contribution in [-0.4, -0.2) is 11.0 Å². The third kappa shape index (κ3) is 2.52. The van der Waals surface area contributed by atoms with Gasteiger partial charge in [-0.2, -0.15) is 0 Å². The fourth-order valence-corrected chi connectivity index (χ4v) is 3.21. The molecule has 0 saturated heterocycles. The first-order valence-electron chi connectivity index (χ1n) is 8.00. The molecule has 0 fully saturated rings. The summed E-state index contributed by atoms with van der Waals surface area (Å²) in [4.78, 5) is 4.91. The largest absolute Gasteiger partial charge is 0.380 e. The fraction of sp³-hybridized carbons (Fsp3) is 0.500. The maximum absolute atomic E-state index is 4.91. The Hall–Kier alpha value is -1.57. The summed E-state index contributed by atoms with van der Waals surface area (Å²) in [6.07, 6.45) is 7.15. The highest BCUT2D eigenvalue weighted by atomic mass is 14.9. The molecule has 106 valence electrons. The summed E-state index contributed by atoms with van der Waals surface area (Å²) in [5, 5.41) is 5.01. The molecule has 1 aliphatic heterocycles. The van der Waals surface area contributed by atoms with E-state index >= 15 is 0 Å². The number of hydrogen-bond acceptors (Lipinski definition) is 2. The summed E-state index contributed by atoms with van der Waals surface area (Å²) < 4.78 is 0. The number of hydrogen-bond donors (Lipinski definition) is 1. The minimum Gasteiger partial charge on any atom is -0.380 e. The zero-order chi connectivity index (χ0) is 13.9. The molecule has 1 atom stereocenters. The predicted molar refractivity (Wildman–Crippen MR) is 86.4 cm³/mol. The molecule has 20 heavy (non-hydrogen) atoms. The second-order valence-corrected chi connectivity index (χ2v) is 5.89. The Bertz CT molecular complexity index is 604. The smallest absolute Gasteiger partial charge is 0.0939 e. The van der Waals surface area contributed by atoms with Crippen molar-refractivity contribution in [3.63, 3.8) is 0 Å². The van der Waals surface area contributed by atoms with Gasteiger partial charge in [-0.1, -0.05) is 44.9 Å². The number of pyridine rings is 1. The molecule has 2 heteroatoms. The summed E-state index contributed by atoms with van der Waals surface area (Å²) in [6, 6.07) is 9.51. The van der Waals surface area contributed by atoms with Gasteiger partial charge in [-0.3, -0.25) is 4.98 Å². The van der Waals surface area contributed by atoms with E-state index in [0.29, 0.717) is 6.04 Å². The van der Waals surface area contributed by atoms with E-state index in [9.17, 15) is 0 Å². The van der Waals surface area contributed by atoms with E-state index in [1.807, 2.05) is 0 Å². The van der Waals surface area contributed by atoms with Gasteiger partial charge in [0.05, 0.1) is 11.2 Å². The van der Waals surface area contributed by atoms with Crippen LogP contribution in [0.4, 0.5) is 5.69 Å². The number of aryl methyl sites for hydroxylation is 2. The van der Waals surface area contributed by atoms with Gasteiger partial charge in [0.25, 0.3) is 0 Å². The molecule has 1 N–H and O–H groups in total. The number of aromatic nitrogens is 1. The fourth-order valence-electron chi connectivity index (χ4n) is 3.21. The number of nitrogens with zero attached hydrogens (tertiary/aromatic N) is 1. The van der Waals surface area contributed by atoms with E-state index in [-0.39, 0.29) is 0 Å². The Balaban J connectivity index is 2.03. The van der Waals surface area contributed by atoms with E-state index in [0.717, 1.165) is 12.8 Å². The Kier molecular flexibility index (Phi) is 3.90.